The number of carbonyl (C=O) groups excluding carboxylic acids is 1. The average Bonchev–Trinajstić information content (AvgIpc) is 2.66. The highest BCUT2D eigenvalue weighted by atomic mass is 32.2. The molecule has 1 N–H and O–H groups in total. The van der Waals surface area contributed by atoms with E-state index in [9.17, 15) is 21.6 Å². The molecular weight excluding hydrogens is 352 g/mol. The van der Waals surface area contributed by atoms with Crippen molar-refractivity contribution in [2.45, 2.75) is 32.1 Å². The standard InChI is InChI=1S/C15H22N2O5S2/c1-11(2)8-9-16-24(21,22)14-6-4-13(5-7-14)17-15(18)12(3)10-23(17,19)20/h4-7,11-12,16H,8-10H2,1-3H3. The molecule has 1 aliphatic rings. The molecule has 1 aromatic rings. The van der Waals surface area contributed by atoms with Gasteiger partial charge in [0.25, 0.3) is 0 Å². The SMILES string of the molecule is CC(C)CCNS(=O)(=O)c1ccc(N2C(=O)C(C)CS2(=O)=O)cc1. The quantitative estimate of drug-likeness (QED) is 0.809. The molecule has 1 aliphatic heterocycles. The van der Waals surface area contributed by atoms with Crippen molar-refractivity contribution in [1.82, 2.24) is 4.72 Å². The normalized spacial score (nSPS) is 20.8. The van der Waals surface area contributed by atoms with Crippen LogP contribution in [0.1, 0.15) is 27.2 Å². The van der Waals surface area contributed by atoms with Crippen molar-refractivity contribution in [2.24, 2.45) is 11.8 Å². The number of carbonyl (C=O) groups is 1. The van der Waals surface area contributed by atoms with Gasteiger partial charge in [0, 0.05) is 6.54 Å². The molecule has 24 heavy (non-hydrogen) atoms. The van der Waals surface area contributed by atoms with Gasteiger partial charge in [-0.15, -0.1) is 0 Å². The Morgan fingerprint density at radius 1 is 1.25 bits per heavy atom. The Balaban J connectivity index is 2.21. The lowest BCUT2D eigenvalue weighted by Gasteiger charge is -2.16. The van der Waals surface area contributed by atoms with Crippen molar-refractivity contribution in [3.63, 3.8) is 0 Å². The maximum Gasteiger partial charge on any atom is 0.244 e. The van der Waals surface area contributed by atoms with Crippen LogP contribution in [0.3, 0.4) is 0 Å². The molecule has 0 aliphatic carbocycles. The number of hydrogen-bond donors (Lipinski definition) is 1. The second-order valence-corrected chi connectivity index (χ2v) is 9.99. The largest absolute Gasteiger partial charge is 0.273 e. The number of hydrogen-bond acceptors (Lipinski definition) is 5. The highest BCUT2D eigenvalue weighted by Crippen LogP contribution is 2.28. The van der Waals surface area contributed by atoms with E-state index in [-0.39, 0.29) is 16.3 Å². The van der Waals surface area contributed by atoms with E-state index < -0.39 is 31.9 Å². The Labute approximate surface area is 143 Å². The fourth-order valence-electron chi connectivity index (χ4n) is 2.41. The van der Waals surface area contributed by atoms with Gasteiger partial charge in [-0.3, -0.25) is 4.79 Å². The predicted molar refractivity (Wildman–Crippen MR) is 91.5 cm³/mol. The Hall–Kier alpha value is -1.45. The molecule has 0 bridgehead atoms. The Kier molecular flexibility index (Phi) is 5.36. The van der Waals surface area contributed by atoms with Crippen LogP contribution < -0.4 is 9.03 Å². The Bertz CT molecular complexity index is 814. The van der Waals surface area contributed by atoms with Gasteiger partial charge < -0.3 is 0 Å². The third kappa shape index (κ3) is 3.96. The first-order valence-electron chi connectivity index (χ1n) is 7.71. The van der Waals surface area contributed by atoms with Crippen LogP contribution in [0, 0.1) is 11.8 Å². The van der Waals surface area contributed by atoms with E-state index in [4.69, 9.17) is 0 Å². The summed E-state index contributed by atoms with van der Waals surface area (Å²) in [5, 5.41) is 0. The third-order valence-corrected chi connectivity index (χ3v) is 7.10. The number of benzene rings is 1. The predicted octanol–water partition coefficient (Wildman–Crippen LogP) is 1.32. The molecule has 7 nitrogen and oxygen atoms in total. The van der Waals surface area contributed by atoms with Gasteiger partial charge in [-0.1, -0.05) is 20.8 Å². The van der Waals surface area contributed by atoms with Crippen molar-refractivity contribution in [3.05, 3.63) is 24.3 Å². The van der Waals surface area contributed by atoms with Crippen LogP contribution in [0.25, 0.3) is 0 Å². The van der Waals surface area contributed by atoms with Crippen molar-refractivity contribution >= 4 is 31.6 Å². The van der Waals surface area contributed by atoms with E-state index in [2.05, 4.69) is 4.72 Å². The highest BCUT2D eigenvalue weighted by molar-refractivity contribution is 7.94. The second kappa shape index (κ2) is 6.81. The van der Waals surface area contributed by atoms with E-state index >= 15 is 0 Å². The number of anilines is 1. The molecule has 1 heterocycles. The molecule has 1 amide bonds. The van der Waals surface area contributed by atoms with E-state index in [1.54, 1.807) is 6.92 Å². The van der Waals surface area contributed by atoms with Gasteiger partial charge in [-0.25, -0.2) is 25.9 Å². The Morgan fingerprint density at radius 2 is 1.83 bits per heavy atom. The topological polar surface area (TPSA) is 101 Å². The summed E-state index contributed by atoms with van der Waals surface area (Å²) < 4.78 is 51.7. The minimum Gasteiger partial charge on any atom is -0.273 e. The summed E-state index contributed by atoms with van der Waals surface area (Å²) in [5.74, 6) is -0.956. The molecule has 2 rings (SSSR count). The zero-order valence-electron chi connectivity index (χ0n) is 13.9. The van der Waals surface area contributed by atoms with Crippen molar-refractivity contribution < 1.29 is 21.6 Å². The molecule has 9 heteroatoms. The minimum absolute atomic E-state index is 0.0344. The first-order valence-corrected chi connectivity index (χ1v) is 10.8. The summed E-state index contributed by atoms with van der Waals surface area (Å²) >= 11 is 0. The van der Waals surface area contributed by atoms with Gasteiger partial charge >= 0.3 is 0 Å². The molecule has 1 unspecified atom stereocenters. The lowest BCUT2D eigenvalue weighted by molar-refractivity contribution is -0.119. The zero-order valence-corrected chi connectivity index (χ0v) is 15.5. The molecule has 1 saturated heterocycles. The van der Waals surface area contributed by atoms with Crippen molar-refractivity contribution in [3.8, 4) is 0 Å². The maximum atomic E-state index is 12.2. The second-order valence-electron chi connectivity index (χ2n) is 6.36. The number of nitrogens with zero attached hydrogens (tertiary/aromatic N) is 1. The molecule has 0 aromatic heterocycles. The summed E-state index contributed by atoms with van der Waals surface area (Å²) in [6.45, 7) is 5.88. The number of nitrogens with one attached hydrogen (secondary N) is 1. The molecule has 0 spiro atoms. The number of sulfonamides is 2. The molecule has 0 radical (unpaired) electrons. The van der Waals surface area contributed by atoms with E-state index in [0.29, 0.717) is 12.5 Å². The molecule has 134 valence electrons. The monoisotopic (exact) mass is 374 g/mol. The molecule has 1 fully saturated rings. The van der Waals surface area contributed by atoms with Crippen LogP contribution in [-0.2, 0) is 24.8 Å². The van der Waals surface area contributed by atoms with Gasteiger partial charge in [-0.2, -0.15) is 0 Å². The van der Waals surface area contributed by atoms with Crippen molar-refractivity contribution in [1.29, 1.82) is 0 Å². The van der Waals surface area contributed by atoms with Gasteiger partial charge in [0.1, 0.15) is 0 Å². The molecule has 0 saturated carbocycles. The van der Waals surface area contributed by atoms with Gasteiger partial charge in [0.15, 0.2) is 0 Å². The van der Waals surface area contributed by atoms with Gasteiger partial charge in [-0.05, 0) is 36.6 Å². The summed E-state index contributed by atoms with van der Waals surface area (Å²) in [5.41, 5.74) is 0.158. The average molecular weight is 374 g/mol. The van der Waals surface area contributed by atoms with Crippen LogP contribution in [0.5, 0.6) is 0 Å². The van der Waals surface area contributed by atoms with E-state index in [0.717, 1.165) is 10.7 Å². The summed E-state index contributed by atoms with van der Waals surface area (Å²) in [4.78, 5) is 12.1. The summed E-state index contributed by atoms with van der Waals surface area (Å²) in [6, 6.07) is 5.28. The smallest absolute Gasteiger partial charge is 0.244 e. The van der Waals surface area contributed by atoms with Crippen LogP contribution >= 0.6 is 0 Å². The van der Waals surface area contributed by atoms with Gasteiger partial charge in [0.05, 0.1) is 22.3 Å². The first-order chi connectivity index (χ1) is 11.0. The third-order valence-electron chi connectivity index (χ3n) is 3.76. The van der Waals surface area contributed by atoms with Crippen LogP contribution in [0.15, 0.2) is 29.2 Å². The first kappa shape index (κ1) is 18.9. The van der Waals surface area contributed by atoms with E-state index in [1.807, 2.05) is 13.8 Å². The fraction of sp³-hybridized carbons (Fsp3) is 0.533. The summed E-state index contributed by atoms with van der Waals surface area (Å²) in [7, 11) is -7.34. The number of amides is 1. The highest BCUT2D eigenvalue weighted by Gasteiger charge is 2.41. The fourth-order valence-corrected chi connectivity index (χ4v) is 5.28. The summed E-state index contributed by atoms with van der Waals surface area (Å²) in [6.07, 6.45) is 0.718. The molecular formula is C15H22N2O5S2. The van der Waals surface area contributed by atoms with Crippen LogP contribution in [0.4, 0.5) is 5.69 Å². The van der Waals surface area contributed by atoms with Crippen LogP contribution in [-0.4, -0.2) is 35.0 Å². The van der Waals surface area contributed by atoms with Crippen LogP contribution in [0.2, 0.25) is 0 Å². The molecule has 1 aromatic carbocycles. The van der Waals surface area contributed by atoms with E-state index in [1.165, 1.54) is 24.3 Å². The Morgan fingerprint density at radius 3 is 2.29 bits per heavy atom. The zero-order chi connectivity index (χ0) is 18.1. The lowest BCUT2D eigenvalue weighted by Crippen LogP contribution is -2.30. The lowest BCUT2D eigenvalue weighted by atomic mass is 10.1. The maximum absolute atomic E-state index is 12.2. The molecule has 1 atom stereocenters. The van der Waals surface area contributed by atoms with Gasteiger partial charge in [0.2, 0.25) is 26.0 Å². The van der Waals surface area contributed by atoms with Crippen molar-refractivity contribution in [2.75, 3.05) is 16.6 Å². The minimum atomic E-state index is -3.69. The number of rotatable bonds is 6.